The lowest BCUT2D eigenvalue weighted by Crippen LogP contribution is -1.79. The number of hydrogen-bond acceptors (Lipinski definition) is 3. The molecule has 0 saturated heterocycles. The van der Waals surface area contributed by atoms with Gasteiger partial charge in [0.25, 0.3) is 0 Å². The zero-order valence-corrected chi connectivity index (χ0v) is 6.94. The molecule has 66 valence electrons. The smallest absolute Gasteiger partial charge is 0.108 e. The first-order valence-corrected chi connectivity index (χ1v) is 3.96. The van der Waals surface area contributed by atoms with Gasteiger partial charge in [-0.1, -0.05) is 12.2 Å². The summed E-state index contributed by atoms with van der Waals surface area (Å²) < 4.78 is 0. The van der Waals surface area contributed by atoms with E-state index < -0.39 is 0 Å². The van der Waals surface area contributed by atoms with E-state index in [1.807, 2.05) is 12.1 Å². The van der Waals surface area contributed by atoms with Gasteiger partial charge in [-0.05, 0) is 11.6 Å². The van der Waals surface area contributed by atoms with Crippen LogP contribution in [0.25, 0.3) is 17.1 Å². The predicted octanol–water partition coefficient (Wildman–Crippen LogP) is 0.963. The number of fused-ring (bicyclic) bond motifs is 1. The quantitative estimate of drug-likeness (QED) is 0.714. The van der Waals surface area contributed by atoms with E-state index in [0.29, 0.717) is 0 Å². The molecule has 0 aliphatic carbocycles. The fourth-order valence-corrected chi connectivity index (χ4v) is 1.13. The highest BCUT2D eigenvalue weighted by Gasteiger charge is 1.95. The van der Waals surface area contributed by atoms with Crippen LogP contribution in [-0.4, -0.2) is 26.9 Å². The summed E-state index contributed by atoms with van der Waals surface area (Å²) in [6.07, 6.45) is 6.89. The van der Waals surface area contributed by atoms with Gasteiger partial charge in [0.2, 0.25) is 0 Å². The van der Waals surface area contributed by atoms with Crippen molar-refractivity contribution in [3.63, 3.8) is 0 Å². The van der Waals surface area contributed by atoms with E-state index in [1.54, 1.807) is 18.5 Å². The van der Waals surface area contributed by atoms with Crippen LogP contribution < -0.4 is 0 Å². The summed E-state index contributed by atoms with van der Waals surface area (Å²) in [6, 6.07) is 1.93. The van der Waals surface area contributed by atoms with Gasteiger partial charge in [0.05, 0.1) is 18.3 Å². The highest BCUT2D eigenvalue weighted by Crippen LogP contribution is 2.10. The van der Waals surface area contributed by atoms with Gasteiger partial charge in [-0.25, -0.2) is 0 Å². The van der Waals surface area contributed by atoms with Gasteiger partial charge >= 0.3 is 0 Å². The number of rotatable bonds is 2. The van der Waals surface area contributed by atoms with E-state index in [4.69, 9.17) is 5.11 Å². The molecule has 0 amide bonds. The van der Waals surface area contributed by atoms with Crippen LogP contribution in [0, 0.1) is 0 Å². The first-order chi connectivity index (χ1) is 6.40. The molecule has 0 atom stereocenters. The van der Waals surface area contributed by atoms with Crippen molar-refractivity contribution < 1.29 is 5.11 Å². The summed E-state index contributed by atoms with van der Waals surface area (Å²) in [5.41, 5.74) is 2.70. The molecule has 2 aromatic rings. The van der Waals surface area contributed by atoms with Crippen LogP contribution in [0.1, 0.15) is 5.56 Å². The van der Waals surface area contributed by atoms with Crippen molar-refractivity contribution in [3.8, 4) is 0 Å². The normalized spacial score (nSPS) is 11.5. The minimum atomic E-state index is 0.0427. The topological polar surface area (TPSA) is 61.8 Å². The Balaban J connectivity index is 2.42. The van der Waals surface area contributed by atoms with Crippen molar-refractivity contribution in [2.24, 2.45) is 0 Å². The number of aliphatic hydroxyl groups is 1. The Morgan fingerprint density at radius 2 is 2.38 bits per heavy atom. The molecule has 4 heteroatoms. The minimum absolute atomic E-state index is 0.0427. The Bertz CT molecular complexity index is 433. The zero-order chi connectivity index (χ0) is 9.10. The van der Waals surface area contributed by atoms with Gasteiger partial charge in [0, 0.05) is 6.20 Å². The summed E-state index contributed by atoms with van der Waals surface area (Å²) >= 11 is 0. The summed E-state index contributed by atoms with van der Waals surface area (Å²) in [5, 5.41) is 15.3. The molecule has 0 spiro atoms. The van der Waals surface area contributed by atoms with Crippen LogP contribution in [0.15, 0.2) is 24.5 Å². The molecule has 2 rings (SSSR count). The van der Waals surface area contributed by atoms with Crippen LogP contribution in [0.2, 0.25) is 0 Å². The Labute approximate surface area is 74.9 Å². The second-order valence-electron chi connectivity index (χ2n) is 2.66. The second kappa shape index (κ2) is 3.37. The second-order valence-corrected chi connectivity index (χ2v) is 2.66. The lowest BCUT2D eigenvalue weighted by atomic mass is 10.2. The lowest BCUT2D eigenvalue weighted by molar-refractivity contribution is 0.343. The molecule has 0 saturated carbocycles. The van der Waals surface area contributed by atoms with Gasteiger partial charge in [-0.3, -0.25) is 10.1 Å². The number of aromatic nitrogens is 3. The van der Waals surface area contributed by atoms with E-state index in [0.717, 1.165) is 16.6 Å². The fraction of sp³-hybridized carbons (Fsp3) is 0.111. The Hall–Kier alpha value is -1.68. The first kappa shape index (κ1) is 7.94. The molecular formula is C9H9N3O. The number of nitrogens with one attached hydrogen (secondary N) is 1. The third-order valence-electron chi connectivity index (χ3n) is 1.73. The molecule has 2 heterocycles. The average molecular weight is 175 g/mol. The monoisotopic (exact) mass is 175 g/mol. The third-order valence-corrected chi connectivity index (χ3v) is 1.73. The van der Waals surface area contributed by atoms with E-state index in [-0.39, 0.29) is 6.61 Å². The zero-order valence-electron chi connectivity index (χ0n) is 6.94. The van der Waals surface area contributed by atoms with E-state index in [2.05, 4.69) is 15.2 Å². The molecule has 0 aliphatic heterocycles. The molecule has 2 aromatic heterocycles. The standard InChI is InChI=1S/C9H9N3O/c13-3-1-2-7-4-8-9(10-5-7)6-11-12-8/h1-2,4-6,13H,3H2,(H,11,12). The molecular weight excluding hydrogens is 166 g/mol. The summed E-state index contributed by atoms with van der Waals surface area (Å²) in [4.78, 5) is 4.17. The van der Waals surface area contributed by atoms with Gasteiger partial charge in [0.1, 0.15) is 5.52 Å². The van der Waals surface area contributed by atoms with Crippen molar-refractivity contribution >= 4 is 17.1 Å². The first-order valence-electron chi connectivity index (χ1n) is 3.96. The predicted molar refractivity (Wildman–Crippen MR) is 50.0 cm³/mol. The summed E-state index contributed by atoms with van der Waals surface area (Å²) in [7, 11) is 0. The molecule has 0 bridgehead atoms. The summed E-state index contributed by atoms with van der Waals surface area (Å²) in [5.74, 6) is 0. The van der Waals surface area contributed by atoms with Crippen molar-refractivity contribution in [1.82, 2.24) is 15.2 Å². The van der Waals surface area contributed by atoms with Gasteiger partial charge in [0.15, 0.2) is 0 Å². The molecule has 0 aliphatic rings. The van der Waals surface area contributed by atoms with Crippen LogP contribution in [0.5, 0.6) is 0 Å². The van der Waals surface area contributed by atoms with Crippen molar-refractivity contribution in [2.75, 3.05) is 6.61 Å². The van der Waals surface area contributed by atoms with E-state index in [1.165, 1.54) is 0 Å². The highest BCUT2D eigenvalue weighted by molar-refractivity contribution is 5.75. The molecule has 2 N–H and O–H groups in total. The van der Waals surface area contributed by atoms with Crippen molar-refractivity contribution in [1.29, 1.82) is 0 Å². The maximum atomic E-state index is 8.57. The van der Waals surface area contributed by atoms with E-state index in [9.17, 15) is 0 Å². The number of nitrogens with zero attached hydrogens (tertiary/aromatic N) is 2. The Kier molecular flexibility index (Phi) is 2.06. The van der Waals surface area contributed by atoms with Crippen molar-refractivity contribution in [2.45, 2.75) is 0 Å². The fourth-order valence-electron chi connectivity index (χ4n) is 1.13. The third kappa shape index (κ3) is 1.57. The maximum absolute atomic E-state index is 8.57. The van der Waals surface area contributed by atoms with Gasteiger partial charge in [-0.15, -0.1) is 0 Å². The number of H-pyrrole nitrogens is 1. The van der Waals surface area contributed by atoms with E-state index >= 15 is 0 Å². The van der Waals surface area contributed by atoms with Crippen molar-refractivity contribution in [3.05, 3.63) is 30.1 Å². The summed E-state index contributed by atoms with van der Waals surface area (Å²) in [6.45, 7) is 0.0427. The minimum Gasteiger partial charge on any atom is -0.392 e. The van der Waals surface area contributed by atoms with Gasteiger partial charge in [-0.2, -0.15) is 5.10 Å². The Morgan fingerprint density at radius 1 is 1.46 bits per heavy atom. The van der Waals surface area contributed by atoms with Gasteiger partial charge < -0.3 is 5.11 Å². The van der Waals surface area contributed by atoms with Crippen LogP contribution >= 0.6 is 0 Å². The largest absolute Gasteiger partial charge is 0.392 e. The van der Waals surface area contributed by atoms with Crippen LogP contribution in [0.4, 0.5) is 0 Å². The molecule has 0 unspecified atom stereocenters. The number of pyridine rings is 1. The molecule has 0 fully saturated rings. The SMILES string of the molecule is OCC=Cc1cnc2cn[nH]c2c1. The molecule has 0 radical (unpaired) electrons. The Morgan fingerprint density at radius 3 is 3.23 bits per heavy atom. The molecule has 13 heavy (non-hydrogen) atoms. The lowest BCUT2D eigenvalue weighted by Gasteiger charge is -1.91. The highest BCUT2D eigenvalue weighted by atomic mass is 16.2. The maximum Gasteiger partial charge on any atom is 0.108 e. The number of aromatic amines is 1. The van der Waals surface area contributed by atoms with Crippen LogP contribution in [-0.2, 0) is 0 Å². The average Bonchev–Trinajstić information content (AvgIpc) is 2.61. The van der Waals surface area contributed by atoms with Crippen LogP contribution in [0.3, 0.4) is 0 Å². The number of hydrogen-bond donors (Lipinski definition) is 2. The molecule has 0 aromatic carbocycles. The number of aliphatic hydroxyl groups excluding tert-OH is 1. The molecule has 4 nitrogen and oxygen atoms in total.